The first-order chi connectivity index (χ1) is 7.67. The number of methoxy groups -OCH3 is 1. The van der Waals surface area contributed by atoms with Crippen LogP contribution in [0, 0.1) is 0 Å². The highest BCUT2D eigenvalue weighted by Crippen LogP contribution is 2.32. The van der Waals surface area contributed by atoms with E-state index < -0.39 is 0 Å². The maximum absolute atomic E-state index is 6.08. The summed E-state index contributed by atoms with van der Waals surface area (Å²) in [5, 5.41) is 1.49. The molecule has 84 valence electrons. The fourth-order valence-corrected chi connectivity index (χ4v) is 1.92. The predicted molar refractivity (Wildman–Crippen MR) is 67.1 cm³/mol. The molecule has 1 heterocycles. The van der Waals surface area contributed by atoms with E-state index >= 15 is 0 Å². The largest absolute Gasteiger partial charge is 0.496 e. The lowest BCUT2D eigenvalue weighted by molar-refractivity contribution is 0.419. The van der Waals surface area contributed by atoms with Gasteiger partial charge in [0, 0.05) is 5.39 Å². The molecule has 0 aliphatic heterocycles. The summed E-state index contributed by atoms with van der Waals surface area (Å²) in [4.78, 5) is 4.32. The van der Waals surface area contributed by atoms with E-state index in [0.717, 1.165) is 23.1 Å². The number of halogens is 1. The smallest absolute Gasteiger partial charge is 0.128 e. The number of hydrogen-bond donors (Lipinski definition) is 1. The number of aryl methyl sites for hydroxylation is 1. The summed E-state index contributed by atoms with van der Waals surface area (Å²) in [6.45, 7) is 2.04. The van der Waals surface area contributed by atoms with Crippen molar-refractivity contribution in [1.29, 1.82) is 0 Å². The molecule has 16 heavy (non-hydrogen) atoms. The van der Waals surface area contributed by atoms with Crippen LogP contribution in [0.5, 0.6) is 5.75 Å². The third kappa shape index (κ3) is 1.67. The van der Waals surface area contributed by atoms with E-state index in [0.29, 0.717) is 16.4 Å². The van der Waals surface area contributed by atoms with Crippen molar-refractivity contribution in [1.82, 2.24) is 4.98 Å². The summed E-state index contributed by atoms with van der Waals surface area (Å²) >= 11 is 6.08. The second-order valence-electron chi connectivity index (χ2n) is 3.53. The number of fused-ring (bicyclic) bond motifs is 1. The summed E-state index contributed by atoms with van der Waals surface area (Å²) < 4.78 is 5.28. The van der Waals surface area contributed by atoms with E-state index in [2.05, 4.69) is 4.98 Å². The summed E-state index contributed by atoms with van der Waals surface area (Å²) in [6, 6.07) is 5.59. The van der Waals surface area contributed by atoms with Gasteiger partial charge in [-0.05, 0) is 30.2 Å². The molecule has 0 aliphatic rings. The first-order valence-corrected chi connectivity index (χ1v) is 5.46. The Kier molecular flexibility index (Phi) is 2.88. The number of nitrogens with two attached hydrogens (primary N) is 1. The molecule has 0 amide bonds. The van der Waals surface area contributed by atoms with E-state index in [-0.39, 0.29) is 0 Å². The zero-order valence-corrected chi connectivity index (χ0v) is 10.0. The molecule has 1 aromatic heterocycles. The molecule has 2 aromatic rings. The third-order valence-corrected chi connectivity index (χ3v) is 2.91. The van der Waals surface area contributed by atoms with Crippen molar-refractivity contribution < 1.29 is 4.74 Å². The second-order valence-corrected chi connectivity index (χ2v) is 3.94. The Bertz CT molecular complexity index is 540. The van der Waals surface area contributed by atoms with Crippen LogP contribution in [0.25, 0.3) is 10.9 Å². The topological polar surface area (TPSA) is 48.1 Å². The molecule has 2 N–H and O–H groups in total. The summed E-state index contributed by atoms with van der Waals surface area (Å²) in [5.74, 6) is 1.30. The van der Waals surface area contributed by atoms with Gasteiger partial charge >= 0.3 is 0 Å². The van der Waals surface area contributed by atoms with E-state index in [1.54, 1.807) is 13.2 Å². The first-order valence-electron chi connectivity index (χ1n) is 5.09. The SMILES string of the molecule is CCc1cc2c(OC)ccc(Cl)c2nc1N. The van der Waals surface area contributed by atoms with Crippen molar-refractivity contribution in [2.45, 2.75) is 13.3 Å². The zero-order chi connectivity index (χ0) is 11.7. The van der Waals surface area contributed by atoms with Gasteiger partial charge in [0.2, 0.25) is 0 Å². The van der Waals surface area contributed by atoms with Gasteiger partial charge in [-0.15, -0.1) is 0 Å². The van der Waals surface area contributed by atoms with E-state index in [4.69, 9.17) is 22.1 Å². The zero-order valence-electron chi connectivity index (χ0n) is 9.25. The molecule has 3 nitrogen and oxygen atoms in total. The molecule has 2 rings (SSSR count). The summed E-state index contributed by atoms with van der Waals surface area (Å²) in [6.07, 6.45) is 0.838. The number of nitrogen functional groups attached to an aromatic ring is 1. The molecule has 0 fully saturated rings. The molecule has 1 aromatic carbocycles. The van der Waals surface area contributed by atoms with Crippen LogP contribution in [0.1, 0.15) is 12.5 Å². The average molecular weight is 237 g/mol. The first kappa shape index (κ1) is 11.0. The fourth-order valence-electron chi connectivity index (χ4n) is 1.72. The minimum atomic E-state index is 0.533. The Hall–Kier alpha value is -1.48. The molecular weight excluding hydrogens is 224 g/mol. The number of aromatic nitrogens is 1. The van der Waals surface area contributed by atoms with Crippen LogP contribution in [0.4, 0.5) is 5.82 Å². The summed E-state index contributed by atoms with van der Waals surface area (Å²) in [5.41, 5.74) is 7.54. The normalized spacial score (nSPS) is 10.7. The third-order valence-electron chi connectivity index (χ3n) is 2.61. The molecule has 0 atom stereocenters. The Morgan fingerprint density at radius 1 is 1.44 bits per heavy atom. The van der Waals surface area contributed by atoms with E-state index in [9.17, 15) is 0 Å². The minimum Gasteiger partial charge on any atom is -0.496 e. The number of hydrogen-bond acceptors (Lipinski definition) is 3. The Labute approximate surface area is 99.2 Å². The van der Waals surface area contributed by atoms with Crippen LogP contribution >= 0.6 is 11.6 Å². The molecule has 0 unspecified atom stereocenters. The van der Waals surface area contributed by atoms with E-state index in [1.165, 1.54) is 0 Å². The molecule has 0 bridgehead atoms. The summed E-state index contributed by atoms with van der Waals surface area (Å²) in [7, 11) is 1.63. The predicted octanol–water partition coefficient (Wildman–Crippen LogP) is 3.04. The number of benzene rings is 1. The lowest BCUT2D eigenvalue weighted by atomic mass is 10.1. The number of rotatable bonds is 2. The number of ether oxygens (including phenoxy) is 1. The van der Waals surface area contributed by atoms with Crippen molar-refractivity contribution in [3.05, 3.63) is 28.8 Å². The second kappa shape index (κ2) is 4.18. The molecule has 0 radical (unpaired) electrons. The maximum Gasteiger partial charge on any atom is 0.128 e. The van der Waals surface area contributed by atoms with Crippen molar-refractivity contribution in [2.75, 3.05) is 12.8 Å². The van der Waals surface area contributed by atoms with Gasteiger partial charge in [-0.1, -0.05) is 18.5 Å². The van der Waals surface area contributed by atoms with Gasteiger partial charge in [0.05, 0.1) is 17.6 Å². The van der Waals surface area contributed by atoms with Crippen molar-refractivity contribution >= 4 is 28.3 Å². The molecule has 0 spiro atoms. The molecular formula is C12H13ClN2O. The maximum atomic E-state index is 6.08. The van der Waals surface area contributed by atoms with Gasteiger partial charge in [-0.2, -0.15) is 0 Å². The average Bonchev–Trinajstić information content (AvgIpc) is 2.30. The van der Waals surface area contributed by atoms with Gasteiger partial charge in [0.1, 0.15) is 11.6 Å². The molecule has 0 saturated heterocycles. The van der Waals surface area contributed by atoms with Crippen molar-refractivity contribution in [3.8, 4) is 5.75 Å². The fraction of sp³-hybridized carbons (Fsp3) is 0.250. The minimum absolute atomic E-state index is 0.533. The van der Waals surface area contributed by atoms with E-state index in [1.807, 2.05) is 19.1 Å². The number of nitrogens with zero attached hydrogens (tertiary/aromatic N) is 1. The Morgan fingerprint density at radius 2 is 2.19 bits per heavy atom. The van der Waals surface area contributed by atoms with Gasteiger partial charge in [-0.3, -0.25) is 0 Å². The Balaban J connectivity index is 2.83. The van der Waals surface area contributed by atoms with Crippen LogP contribution in [0.3, 0.4) is 0 Å². The lowest BCUT2D eigenvalue weighted by Gasteiger charge is -2.09. The number of anilines is 1. The Morgan fingerprint density at radius 3 is 2.81 bits per heavy atom. The van der Waals surface area contributed by atoms with Gasteiger partial charge in [0.25, 0.3) is 0 Å². The van der Waals surface area contributed by atoms with Crippen LogP contribution in [-0.2, 0) is 6.42 Å². The van der Waals surface area contributed by atoms with Crippen LogP contribution < -0.4 is 10.5 Å². The molecule has 0 saturated carbocycles. The van der Waals surface area contributed by atoms with Crippen LogP contribution in [-0.4, -0.2) is 12.1 Å². The van der Waals surface area contributed by atoms with Crippen molar-refractivity contribution in [3.63, 3.8) is 0 Å². The quantitative estimate of drug-likeness (QED) is 0.872. The van der Waals surface area contributed by atoms with Crippen molar-refractivity contribution in [2.24, 2.45) is 0 Å². The van der Waals surface area contributed by atoms with Gasteiger partial charge < -0.3 is 10.5 Å². The molecule has 0 aliphatic carbocycles. The van der Waals surface area contributed by atoms with Crippen LogP contribution in [0.2, 0.25) is 5.02 Å². The highest BCUT2D eigenvalue weighted by atomic mass is 35.5. The number of pyridine rings is 1. The standard InChI is InChI=1S/C12H13ClN2O/c1-3-7-6-8-10(16-2)5-4-9(13)11(8)15-12(7)14/h4-6H,3H2,1-2H3,(H2,14,15). The highest BCUT2D eigenvalue weighted by molar-refractivity contribution is 6.35. The van der Waals surface area contributed by atoms with Gasteiger partial charge in [0.15, 0.2) is 0 Å². The molecule has 4 heteroatoms. The van der Waals surface area contributed by atoms with Gasteiger partial charge in [-0.25, -0.2) is 4.98 Å². The highest BCUT2D eigenvalue weighted by Gasteiger charge is 2.09. The lowest BCUT2D eigenvalue weighted by Crippen LogP contribution is -1.98. The monoisotopic (exact) mass is 236 g/mol. The van der Waals surface area contributed by atoms with Crippen LogP contribution in [0.15, 0.2) is 18.2 Å².